The summed E-state index contributed by atoms with van der Waals surface area (Å²) in [6.45, 7) is 4.16. The Labute approximate surface area is 112 Å². The van der Waals surface area contributed by atoms with E-state index in [0.717, 1.165) is 11.4 Å². The van der Waals surface area contributed by atoms with Crippen molar-refractivity contribution in [3.63, 3.8) is 0 Å². The largest absolute Gasteiger partial charge is 0.355 e. The number of hydrogen-bond acceptors (Lipinski definition) is 2. The number of carbonyl (C=O) groups excluding carboxylic acids is 1. The summed E-state index contributed by atoms with van der Waals surface area (Å²) < 4.78 is 0. The van der Waals surface area contributed by atoms with Crippen LogP contribution in [-0.4, -0.2) is 5.24 Å². The van der Waals surface area contributed by atoms with Crippen molar-refractivity contribution < 1.29 is 4.79 Å². The second kappa shape index (κ2) is 5.23. The molecule has 2 rings (SSSR count). The SMILES string of the molecule is Cc1cccc(Nc2ccc(C(=O)Cl)cc2)c1C. The van der Waals surface area contributed by atoms with Crippen LogP contribution in [0.4, 0.5) is 11.4 Å². The van der Waals surface area contributed by atoms with E-state index < -0.39 is 5.24 Å². The first-order valence-corrected chi connectivity index (χ1v) is 6.09. The number of benzene rings is 2. The van der Waals surface area contributed by atoms with Gasteiger partial charge in [-0.25, -0.2) is 0 Å². The van der Waals surface area contributed by atoms with Crippen LogP contribution in [0.3, 0.4) is 0 Å². The molecule has 0 aliphatic rings. The van der Waals surface area contributed by atoms with Crippen LogP contribution >= 0.6 is 11.6 Å². The third kappa shape index (κ3) is 2.71. The van der Waals surface area contributed by atoms with E-state index in [9.17, 15) is 4.79 Å². The molecular weight excluding hydrogens is 246 g/mol. The highest BCUT2D eigenvalue weighted by Gasteiger charge is 2.03. The molecule has 0 aliphatic heterocycles. The van der Waals surface area contributed by atoms with Gasteiger partial charge in [0, 0.05) is 16.9 Å². The lowest BCUT2D eigenvalue weighted by Gasteiger charge is -2.11. The lowest BCUT2D eigenvalue weighted by Crippen LogP contribution is -1.95. The van der Waals surface area contributed by atoms with Crippen molar-refractivity contribution in [1.82, 2.24) is 0 Å². The van der Waals surface area contributed by atoms with Crippen molar-refractivity contribution in [1.29, 1.82) is 0 Å². The highest BCUT2D eigenvalue weighted by atomic mass is 35.5. The van der Waals surface area contributed by atoms with E-state index in [2.05, 4.69) is 25.2 Å². The Morgan fingerprint density at radius 2 is 1.72 bits per heavy atom. The van der Waals surface area contributed by atoms with Crippen molar-refractivity contribution in [2.24, 2.45) is 0 Å². The molecule has 3 heteroatoms. The molecule has 0 heterocycles. The van der Waals surface area contributed by atoms with Crippen molar-refractivity contribution in [3.05, 3.63) is 59.2 Å². The number of halogens is 1. The third-order valence-corrected chi connectivity index (χ3v) is 3.21. The number of rotatable bonds is 3. The molecule has 18 heavy (non-hydrogen) atoms. The van der Waals surface area contributed by atoms with Gasteiger partial charge in [0.25, 0.3) is 5.24 Å². The maximum absolute atomic E-state index is 11.0. The second-order valence-electron chi connectivity index (χ2n) is 4.22. The van der Waals surface area contributed by atoms with Crippen LogP contribution in [0.1, 0.15) is 21.5 Å². The fraction of sp³-hybridized carbons (Fsp3) is 0.133. The van der Waals surface area contributed by atoms with Gasteiger partial charge in [-0.2, -0.15) is 0 Å². The molecule has 2 nitrogen and oxygen atoms in total. The van der Waals surface area contributed by atoms with E-state index in [1.807, 2.05) is 24.3 Å². The average Bonchev–Trinajstić information content (AvgIpc) is 2.36. The Kier molecular flexibility index (Phi) is 3.68. The van der Waals surface area contributed by atoms with Gasteiger partial charge in [-0.3, -0.25) is 4.79 Å². The maximum Gasteiger partial charge on any atom is 0.252 e. The minimum absolute atomic E-state index is 0.437. The summed E-state index contributed by atoms with van der Waals surface area (Å²) in [6.07, 6.45) is 0. The van der Waals surface area contributed by atoms with Crippen LogP contribution in [0.15, 0.2) is 42.5 Å². The lowest BCUT2D eigenvalue weighted by atomic mass is 10.1. The Balaban J connectivity index is 2.24. The van der Waals surface area contributed by atoms with Crippen molar-refractivity contribution in [3.8, 4) is 0 Å². The minimum atomic E-state index is -0.437. The summed E-state index contributed by atoms with van der Waals surface area (Å²) in [6, 6.07) is 13.2. The number of carbonyl (C=O) groups is 1. The predicted octanol–water partition coefficient (Wildman–Crippen LogP) is 4.43. The molecule has 2 aromatic carbocycles. The van der Waals surface area contributed by atoms with Crippen LogP contribution < -0.4 is 5.32 Å². The predicted molar refractivity (Wildman–Crippen MR) is 75.8 cm³/mol. The van der Waals surface area contributed by atoms with Gasteiger partial charge in [0.2, 0.25) is 0 Å². The van der Waals surface area contributed by atoms with E-state index in [1.165, 1.54) is 11.1 Å². The summed E-state index contributed by atoms with van der Waals surface area (Å²) in [5.74, 6) is 0. The van der Waals surface area contributed by atoms with Crippen LogP contribution in [0.2, 0.25) is 0 Å². The molecule has 0 atom stereocenters. The molecule has 2 aromatic rings. The van der Waals surface area contributed by atoms with E-state index in [1.54, 1.807) is 12.1 Å². The summed E-state index contributed by atoms with van der Waals surface area (Å²) in [5, 5.41) is 2.89. The van der Waals surface area contributed by atoms with Crippen molar-refractivity contribution >= 4 is 28.2 Å². The van der Waals surface area contributed by atoms with Crippen LogP contribution in [0, 0.1) is 13.8 Å². The van der Waals surface area contributed by atoms with Crippen LogP contribution in [-0.2, 0) is 0 Å². The second-order valence-corrected chi connectivity index (χ2v) is 4.57. The fourth-order valence-corrected chi connectivity index (χ4v) is 1.85. The maximum atomic E-state index is 11.0. The smallest absolute Gasteiger partial charge is 0.252 e. The van der Waals surface area contributed by atoms with Gasteiger partial charge in [0.05, 0.1) is 0 Å². The zero-order valence-corrected chi connectivity index (χ0v) is 11.1. The van der Waals surface area contributed by atoms with Crippen molar-refractivity contribution in [2.75, 3.05) is 5.32 Å². The van der Waals surface area contributed by atoms with E-state index in [4.69, 9.17) is 11.6 Å². The summed E-state index contributed by atoms with van der Waals surface area (Å²) >= 11 is 5.40. The van der Waals surface area contributed by atoms with Crippen LogP contribution in [0.25, 0.3) is 0 Å². The molecule has 0 amide bonds. The average molecular weight is 260 g/mol. The Hall–Kier alpha value is -1.80. The zero-order chi connectivity index (χ0) is 13.1. The summed E-state index contributed by atoms with van der Waals surface area (Å²) in [7, 11) is 0. The van der Waals surface area contributed by atoms with E-state index in [0.29, 0.717) is 5.56 Å². The monoisotopic (exact) mass is 259 g/mol. The molecular formula is C15H14ClNO. The lowest BCUT2D eigenvalue weighted by molar-refractivity contribution is 0.108. The first-order chi connectivity index (χ1) is 8.58. The molecule has 0 saturated carbocycles. The first-order valence-electron chi connectivity index (χ1n) is 5.71. The van der Waals surface area contributed by atoms with Gasteiger partial charge < -0.3 is 5.32 Å². The molecule has 0 unspecified atom stereocenters. The highest BCUT2D eigenvalue weighted by molar-refractivity contribution is 6.67. The summed E-state index contributed by atoms with van der Waals surface area (Å²) in [4.78, 5) is 11.0. The van der Waals surface area contributed by atoms with Gasteiger partial charge in [-0.1, -0.05) is 12.1 Å². The first kappa shape index (κ1) is 12.7. The van der Waals surface area contributed by atoms with Gasteiger partial charge in [-0.05, 0) is 66.9 Å². The topological polar surface area (TPSA) is 29.1 Å². The third-order valence-electron chi connectivity index (χ3n) is 3.00. The van der Waals surface area contributed by atoms with Gasteiger partial charge >= 0.3 is 0 Å². The van der Waals surface area contributed by atoms with Gasteiger partial charge in [-0.15, -0.1) is 0 Å². The van der Waals surface area contributed by atoms with Crippen LogP contribution in [0.5, 0.6) is 0 Å². The Morgan fingerprint density at radius 3 is 2.33 bits per heavy atom. The zero-order valence-electron chi connectivity index (χ0n) is 10.3. The normalized spacial score (nSPS) is 10.2. The minimum Gasteiger partial charge on any atom is -0.355 e. The highest BCUT2D eigenvalue weighted by Crippen LogP contribution is 2.23. The van der Waals surface area contributed by atoms with Gasteiger partial charge in [0.15, 0.2) is 0 Å². The molecule has 0 spiro atoms. The van der Waals surface area contributed by atoms with Gasteiger partial charge in [0.1, 0.15) is 0 Å². The molecule has 0 aromatic heterocycles. The molecule has 92 valence electrons. The number of nitrogens with one attached hydrogen (secondary N) is 1. The molecule has 0 bridgehead atoms. The Morgan fingerprint density at radius 1 is 1.06 bits per heavy atom. The molecule has 0 saturated heterocycles. The van der Waals surface area contributed by atoms with E-state index >= 15 is 0 Å². The molecule has 1 N–H and O–H groups in total. The fourth-order valence-electron chi connectivity index (χ4n) is 1.73. The standard InChI is InChI=1S/C15H14ClNO/c1-10-4-3-5-14(11(10)2)17-13-8-6-12(7-9-13)15(16)18/h3-9,17H,1-2H3. The Bertz CT molecular complexity index is 576. The molecule has 0 fully saturated rings. The number of anilines is 2. The summed E-state index contributed by atoms with van der Waals surface area (Å²) in [5.41, 5.74) is 4.97. The molecule has 0 aliphatic carbocycles. The quantitative estimate of drug-likeness (QED) is 0.827. The number of hydrogen-bond donors (Lipinski definition) is 1. The van der Waals surface area contributed by atoms with E-state index in [-0.39, 0.29) is 0 Å². The van der Waals surface area contributed by atoms with Crippen molar-refractivity contribution in [2.45, 2.75) is 13.8 Å². The number of aryl methyl sites for hydroxylation is 1. The molecule has 0 radical (unpaired) electrons.